The second-order valence-corrected chi connectivity index (χ2v) is 23.1. The molecule has 8 nitrogen and oxygen atoms in total. The van der Waals surface area contributed by atoms with E-state index in [1.807, 2.05) is 27.2 Å². The molecule has 0 radical (unpaired) electrons. The zero-order valence-corrected chi connectivity index (χ0v) is 47.0. The molecule has 1 amide bonds. The van der Waals surface area contributed by atoms with Gasteiger partial charge in [-0.05, 0) is 44.9 Å². The van der Waals surface area contributed by atoms with Crippen molar-refractivity contribution in [2.75, 3.05) is 40.9 Å². The Bertz CT molecular complexity index is 1160. The Balaban J connectivity index is 4.01. The molecule has 0 aliphatic carbocycles. The topological polar surface area (TPSA) is 108 Å². The number of likely N-dealkylation sites (N-methyl/N-ethyl adjacent to an activating group) is 1. The van der Waals surface area contributed by atoms with E-state index in [0.29, 0.717) is 17.4 Å². The smallest absolute Gasteiger partial charge is 0.268 e. The van der Waals surface area contributed by atoms with Crippen LogP contribution in [-0.4, -0.2) is 68.5 Å². The predicted molar refractivity (Wildman–Crippen MR) is 293 cm³/mol. The number of rotatable bonds is 55. The number of carbonyl (C=O) groups is 1. The fraction of sp³-hybridized carbons (Fsp3) is 0.915. The summed E-state index contributed by atoms with van der Waals surface area (Å²) in [6.07, 6.45) is 64.1. The summed E-state index contributed by atoms with van der Waals surface area (Å²) >= 11 is 0. The molecular formula is C59H117N2O6P. The quantitative estimate of drug-likeness (QED) is 0.0272. The van der Waals surface area contributed by atoms with Crippen molar-refractivity contribution in [1.82, 2.24) is 5.32 Å². The van der Waals surface area contributed by atoms with E-state index in [2.05, 4.69) is 31.3 Å². The molecule has 0 spiro atoms. The molecule has 0 aromatic heterocycles. The van der Waals surface area contributed by atoms with Crippen molar-refractivity contribution in [2.24, 2.45) is 0 Å². The third-order valence-electron chi connectivity index (χ3n) is 13.7. The third kappa shape index (κ3) is 52.8. The van der Waals surface area contributed by atoms with Crippen LogP contribution in [0.2, 0.25) is 0 Å². The predicted octanol–water partition coefficient (Wildman–Crippen LogP) is 17.4. The Morgan fingerprint density at radius 1 is 0.500 bits per heavy atom. The first-order chi connectivity index (χ1) is 33.0. The molecule has 68 heavy (non-hydrogen) atoms. The number of aliphatic hydroxyl groups excluding tert-OH is 1. The largest absolute Gasteiger partial charge is 0.756 e. The van der Waals surface area contributed by atoms with Crippen molar-refractivity contribution in [1.29, 1.82) is 0 Å². The number of hydrogen-bond acceptors (Lipinski definition) is 6. The maximum Gasteiger partial charge on any atom is 0.268 e. The van der Waals surface area contributed by atoms with Gasteiger partial charge in [0.2, 0.25) is 5.91 Å². The van der Waals surface area contributed by atoms with E-state index in [-0.39, 0.29) is 19.1 Å². The zero-order chi connectivity index (χ0) is 49.9. The van der Waals surface area contributed by atoms with Crippen LogP contribution in [0, 0.1) is 0 Å². The van der Waals surface area contributed by atoms with Crippen LogP contribution < -0.4 is 10.2 Å². The van der Waals surface area contributed by atoms with Crippen molar-refractivity contribution < 1.29 is 32.9 Å². The molecule has 0 rings (SSSR count). The summed E-state index contributed by atoms with van der Waals surface area (Å²) in [6, 6.07) is -0.883. The monoisotopic (exact) mass is 981 g/mol. The van der Waals surface area contributed by atoms with Crippen LogP contribution in [0.4, 0.5) is 0 Å². The summed E-state index contributed by atoms with van der Waals surface area (Å²) in [4.78, 5) is 25.5. The number of aliphatic hydroxyl groups is 1. The molecular weight excluding hydrogens is 864 g/mol. The number of nitrogens with one attached hydrogen (secondary N) is 1. The summed E-state index contributed by atoms with van der Waals surface area (Å²) in [6.45, 7) is 4.68. The van der Waals surface area contributed by atoms with Crippen molar-refractivity contribution in [3.8, 4) is 0 Å². The SMILES string of the molecule is CCCCCCCCCCCCCC/C=C\CCCCCCCCCCCCCCCCCCC(=O)NC(COP(=O)([O-])OCC[N+](C)(C)C)C(O)/C=C/CCCCCCCCCCCCCC. The number of carbonyl (C=O) groups excluding carboxylic acids is 1. The van der Waals surface area contributed by atoms with Gasteiger partial charge in [0.1, 0.15) is 13.2 Å². The Morgan fingerprint density at radius 3 is 1.15 bits per heavy atom. The minimum absolute atomic E-state index is 0.00118. The standard InChI is InChI=1S/C59H117N2O6P/c1-6-8-10-12-14-16-18-20-22-23-24-25-26-27-28-29-30-31-32-33-34-35-36-37-38-39-41-43-45-47-49-51-53-59(63)60-57(56-67-68(64,65)66-55-54-61(3,4)5)58(62)52-50-48-46-44-42-40-21-19-17-15-13-11-9-7-2/h27-28,50,52,57-58,62H,6-26,29-49,51,53-56H2,1-5H3,(H-,60,63,64,65)/b28-27-,52-50+. The van der Waals surface area contributed by atoms with Gasteiger partial charge in [-0.2, -0.15) is 0 Å². The lowest BCUT2D eigenvalue weighted by Crippen LogP contribution is -2.45. The normalized spacial score (nSPS) is 14.0. The number of unbranched alkanes of at least 4 members (excludes halogenated alkanes) is 40. The second kappa shape index (κ2) is 50.9. The number of phosphoric acid groups is 1. The van der Waals surface area contributed by atoms with Gasteiger partial charge in [0.25, 0.3) is 7.82 Å². The molecule has 3 unspecified atom stereocenters. The Hall–Kier alpha value is -1.02. The number of phosphoric ester groups is 1. The summed E-state index contributed by atoms with van der Waals surface area (Å²) in [5.74, 6) is -0.193. The van der Waals surface area contributed by atoms with Crippen molar-refractivity contribution >= 4 is 13.7 Å². The van der Waals surface area contributed by atoms with Crippen molar-refractivity contribution in [3.63, 3.8) is 0 Å². The molecule has 0 heterocycles. The molecule has 0 aliphatic rings. The number of hydrogen-bond donors (Lipinski definition) is 2. The highest BCUT2D eigenvalue weighted by molar-refractivity contribution is 7.45. The van der Waals surface area contributed by atoms with E-state index in [1.54, 1.807) is 6.08 Å². The number of quaternary nitrogens is 1. The summed E-state index contributed by atoms with van der Waals surface area (Å²) in [7, 11) is 1.27. The van der Waals surface area contributed by atoms with Gasteiger partial charge in [-0.1, -0.05) is 269 Å². The average Bonchev–Trinajstić information content (AvgIpc) is 3.30. The third-order valence-corrected chi connectivity index (χ3v) is 14.6. The highest BCUT2D eigenvalue weighted by Gasteiger charge is 2.23. The first-order valence-corrected chi connectivity index (χ1v) is 31.2. The van der Waals surface area contributed by atoms with E-state index in [4.69, 9.17) is 9.05 Å². The molecule has 9 heteroatoms. The van der Waals surface area contributed by atoms with Gasteiger partial charge >= 0.3 is 0 Å². The van der Waals surface area contributed by atoms with Crippen molar-refractivity contribution in [2.45, 2.75) is 309 Å². The fourth-order valence-electron chi connectivity index (χ4n) is 8.97. The van der Waals surface area contributed by atoms with Crippen LogP contribution in [0.3, 0.4) is 0 Å². The van der Waals surface area contributed by atoms with Crippen molar-refractivity contribution in [3.05, 3.63) is 24.3 Å². The average molecular weight is 982 g/mol. The summed E-state index contributed by atoms with van der Waals surface area (Å²) in [5, 5.41) is 13.9. The van der Waals surface area contributed by atoms with Gasteiger partial charge in [0.15, 0.2) is 0 Å². The zero-order valence-electron chi connectivity index (χ0n) is 46.1. The van der Waals surface area contributed by atoms with Crippen LogP contribution in [0.5, 0.6) is 0 Å². The van der Waals surface area contributed by atoms with Crippen LogP contribution >= 0.6 is 7.82 Å². The maximum atomic E-state index is 12.9. The molecule has 0 bridgehead atoms. The molecule has 0 saturated carbocycles. The molecule has 3 atom stereocenters. The highest BCUT2D eigenvalue weighted by Crippen LogP contribution is 2.38. The lowest BCUT2D eigenvalue weighted by atomic mass is 10.0. The molecule has 2 N–H and O–H groups in total. The van der Waals surface area contributed by atoms with Crippen LogP contribution in [0.1, 0.15) is 296 Å². The lowest BCUT2D eigenvalue weighted by molar-refractivity contribution is -0.870. The van der Waals surface area contributed by atoms with Gasteiger partial charge in [0.05, 0.1) is 39.9 Å². The van der Waals surface area contributed by atoms with E-state index >= 15 is 0 Å². The van der Waals surface area contributed by atoms with Crippen LogP contribution in [0.15, 0.2) is 24.3 Å². The van der Waals surface area contributed by atoms with E-state index < -0.39 is 20.0 Å². The number of amides is 1. The lowest BCUT2D eigenvalue weighted by Gasteiger charge is -2.29. The summed E-state index contributed by atoms with van der Waals surface area (Å²) < 4.78 is 23.3. The Kier molecular flexibility index (Phi) is 50.1. The molecule has 0 saturated heterocycles. The van der Waals surface area contributed by atoms with E-state index in [9.17, 15) is 19.4 Å². The molecule has 0 aromatic carbocycles. The van der Waals surface area contributed by atoms with E-state index in [1.165, 1.54) is 238 Å². The number of allylic oxidation sites excluding steroid dienone is 3. The molecule has 0 fully saturated rings. The van der Waals surface area contributed by atoms with Gasteiger partial charge in [-0.3, -0.25) is 9.36 Å². The maximum absolute atomic E-state index is 12.9. The van der Waals surface area contributed by atoms with Gasteiger partial charge < -0.3 is 28.8 Å². The minimum atomic E-state index is -4.59. The first kappa shape index (κ1) is 67.0. The van der Waals surface area contributed by atoms with Crippen LogP contribution in [-0.2, 0) is 18.4 Å². The van der Waals surface area contributed by atoms with E-state index in [0.717, 1.165) is 38.5 Å². The highest BCUT2D eigenvalue weighted by atomic mass is 31.2. The van der Waals surface area contributed by atoms with Gasteiger partial charge in [0, 0.05) is 6.42 Å². The van der Waals surface area contributed by atoms with Gasteiger partial charge in [-0.15, -0.1) is 0 Å². The molecule has 0 aliphatic heterocycles. The summed E-state index contributed by atoms with van der Waals surface area (Å²) in [5.41, 5.74) is 0. The molecule has 404 valence electrons. The number of nitrogens with zero attached hydrogens (tertiary/aromatic N) is 1. The second-order valence-electron chi connectivity index (χ2n) is 21.7. The minimum Gasteiger partial charge on any atom is -0.756 e. The first-order valence-electron chi connectivity index (χ1n) is 29.7. The molecule has 0 aromatic rings. The fourth-order valence-corrected chi connectivity index (χ4v) is 9.70. The Labute approximate surface area is 424 Å². The Morgan fingerprint density at radius 2 is 0.809 bits per heavy atom. The van der Waals surface area contributed by atoms with Crippen LogP contribution in [0.25, 0.3) is 0 Å². The van der Waals surface area contributed by atoms with Gasteiger partial charge in [-0.25, -0.2) is 0 Å².